The molecule has 1 aliphatic heterocycles. The standard InChI is InChI=1S/C34H28N6O2S/c41-31(24-16-8-3-9-17-24)40-27(20-26(37-40)23-14-6-2-7-15-23)30-35-36-34-38(21-22-12-4-1-5-13-22)32(42)29-25-18-10-11-19-28(25)43-33(29)39(30)34/h1-9,12-17,27H,10-11,18-21H2. The Kier molecular flexibility index (Phi) is 6.26. The molecule has 0 saturated carbocycles. The van der Waals surface area contributed by atoms with Crippen LogP contribution in [0, 0.1) is 0 Å². The molecule has 3 aromatic carbocycles. The van der Waals surface area contributed by atoms with E-state index in [2.05, 4.69) is 5.10 Å². The lowest BCUT2D eigenvalue weighted by atomic mass is 9.97. The number of benzene rings is 3. The highest BCUT2D eigenvalue weighted by Crippen LogP contribution is 2.38. The molecule has 3 aromatic heterocycles. The zero-order valence-electron chi connectivity index (χ0n) is 23.4. The minimum Gasteiger partial charge on any atom is -0.272 e. The molecule has 0 spiro atoms. The molecule has 0 radical (unpaired) electrons. The smallest absolute Gasteiger partial charge is 0.272 e. The van der Waals surface area contributed by atoms with Gasteiger partial charge in [0.2, 0.25) is 5.78 Å². The third-order valence-corrected chi connectivity index (χ3v) is 9.73. The molecular formula is C34H28N6O2S. The van der Waals surface area contributed by atoms with Gasteiger partial charge in [-0.05, 0) is 54.5 Å². The molecule has 6 aromatic rings. The van der Waals surface area contributed by atoms with Crippen LogP contribution < -0.4 is 5.56 Å². The van der Waals surface area contributed by atoms with Crippen molar-refractivity contribution < 1.29 is 4.79 Å². The van der Waals surface area contributed by atoms with E-state index in [1.807, 2.05) is 83.3 Å². The summed E-state index contributed by atoms with van der Waals surface area (Å²) in [5, 5.41) is 16.6. The Bertz CT molecular complexity index is 2080. The average Bonchev–Trinajstić information content (AvgIpc) is 3.79. The number of aryl methyl sites for hydroxylation is 2. The molecule has 9 heteroatoms. The molecule has 0 N–H and O–H groups in total. The normalized spacial score (nSPS) is 16.5. The van der Waals surface area contributed by atoms with Crippen LogP contribution in [0.15, 0.2) is 101 Å². The van der Waals surface area contributed by atoms with E-state index in [0.717, 1.165) is 58.3 Å². The lowest BCUT2D eigenvalue weighted by Crippen LogP contribution is -2.29. The maximum atomic E-state index is 14.2. The van der Waals surface area contributed by atoms with Gasteiger partial charge in [0.25, 0.3) is 11.5 Å². The van der Waals surface area contributed by atoms with E-state index in [9.17, 15) is 9.59 Å². The molecule has 1 amide bonds. The van der Waals surface area contributed by atoms with E-state index >= 15 is 0 Å². The molecule has 4 heterocycles. The second-order valence-electron chi connectivity index (χ2n) is 11.1. The van der Waals surface area contributed by atoms with E-state index in [4.69, 9.17) is 10.2 Å². The minimum absolute atomic E-state index is 0.0328. The third kappa shape index (κ3) is 4.30. The summed E-state index contributed by atoms with van der Waals surface area (Å²) in [6, 6.07) is 28.6. The molecule has 0 fully saturated rings. The second-order valence-corrected chi connectivity index (χ2v) is 12.2. The van der Waals surface area contributed by atoms with Gasteiger partial charge >= 0.3 is 0 Å². The van der Waals surface area contributed by atoms with Gasteiger partial charge in [0, 0.05) is 16.9 Å². The zero-order chi connectivity index (χ0) is 28.9. The number of fused-ring (bicyclic) bond motifs is 5. The number of hydrogen-bond donors (Lipinski definition) is 0. The Morgan fingerprint density at radius 1 is 0.860 bits per heavy atom. The van der Waals surface area contributed by atoms with Crippen LogP contribution in [0.3, 0.4) is 0 Å². The van der Waals surface area contributed by atoms with Gasteiger partial charge in [0.1, 0.15) is 10.9 Å². The summed E-state index contributed by atoms with van der Waals surface area (Å²) in [7, 11) is 0. The van der Waals surface area contributed by atoms with Crippen molar-refractivity contribution in [3.63, 3.8) is 0 Å². The molecule has 1 atom stereocenters. The Hall–Kier alpha value is -4.89. The van der Waals surface area contributed by atoms with Gasteiger partial charge in [-0.1, -0.05) is 78.9 Å². The zero-order valence-corrected chi connectivity index (χ0v) is 24.2. The predicted molar refractivity (Wildman–Crippen MR) is 168 cm³/mol. The molecule has 8 rings (SSSR count). The molecule has 0 saturated heterocycles. The highest BCUT2D eigenvalue weighted by atomic mass is 32.1. The van der Waals surface area contributed by atoms with Gasteiger partial charge < -0.3 is 0 Å². The first-order valence-electron chi connectivity index (χ1n) is 14.6. The van der Waals surface area contributed by atoms with Gasteiger partial charge in [0.05, 0.1) is 17.6 Å². The van der Waals surface area contributed by atoms with Crippen LogP contribution in [-0.2, 0) is 19.4 Å². The summed E-state index contributed by atoms with van der Waals surface area (Å²) in [4.78, 5) is 30.3. The van der Waals surface area contributed by atoms with Crippen LogP contribution in [0.25, 0.3) is 16.0 Å². The number of aromatic nitrogens is 4. The maximum Gasteiger partial charge on any atom is 0.274 e. The van der Waals surface area contributed by atoms with Crippen molar-refractivity contribution in [1.82, 2.24) is 24.2 Å². The fourth-order valence-corrected chi connectivity index (χ4v) is 7.74. The fraction of sp³-hybridized carbons (Fsp3) is 0.206. The number of nitrogens with zero attached hydrogens (tertiary/aromatic N) is 6. The minimum atomic E-state index is -0.497. The average molecular weight is 585 g/mol. The number of thiophene rings is 1. The molecule has 1 aliphatic carbocycles. The summed E-state index contributed by atoms with van der Waals surface area (Å²) in [5.74, 6) is 0.891. The van der Waals surface area contributed by atoms with Crippen LogP contribution in [0.4, 0.5) is 0 Å². The Morgan fingerprint density at radius 2 is 1.56 bits per heavy atom. The lowest BCUT2D eigenvalue weighted by Gasteiger charge is -2.21. The second kappa shape index (κ2) is 10.4. The Balaban J connectivity index is 1.35. The highest BCUT2D eigenvalue weighted by Gasteiger charge is 2.38. The first kappa shape index (κ1) is 25.8. The molecule has 2 aliphatic rings. The largest absolute Gasteiger partial charge is 0.274 e. The van der Waals surface area contributed by atoms with Crippen molar-refractivity contribution in [2.75, 3.05) is 0 Å². The van der Waals surface area contributed by atoms with Crippen LogP contribution in [0.5, 0.6) is 0 Å². The fourth-order valence-electron chi connectivity index (χ4n) is 6.35. The first-order valence-corrected chi connectivity index (χ1v) is 15.5. The third-order valence-electron chi connectivity index (χ3n) is 8.46. The van der Waals surface area contributed by atoms with E-state index in [0.29, 0.717) is 30.1 Å². The van der Waals surface area contributed by atoms with Crippen LogP contribution in [-0.4, -0.2) is 35.8 Å². The topological polar surface area (TPSA) is 84.9 Å². The van der Waals surface area contributed by atoms with Crippen molar-refractivity contribution in [3.05, 3.63) is 134 Å². The first-order chi connectivity index (χ1) is 21.2. The molecular weight excluding hydrogens is 556 g/mol. The molecule has 0 bridgehead atoms. The quantitative estimate of drug-likeness (QED) is 0.248. The maximum absolute atomic E-state index is 14.2. The number of amides is 1. The van der Waals surface area contributed by atoms with Crippen LogP contribution in [0.2, 0.25) is 0 Å². The summed E-state index contributed by atoms with van der Waals surface area (Å²) in [5.41, 5.74) is 4.46. The van der Waals surface area contributed by atoms with E-state index in [1.54, 1.807) is 33.0 Å². The Labute approximate surface area is 251 Å². The number of carbonyl (C=O) groups is 1. The van der Waals surface area contributed by atoms with Gasteiger partial charge in [-0.15, -0.1) is 21.5 Å². The van der Waals surface area contributed by atoms with Crippen LogP contribution >= 0.6 is 11.3 Å². The number of rotatable bonds is 5. The molecule has 8 nitrogen and oxygen atoms in total. The van der Waals surface area contributed by atoms with Gasteiger partial charge in [-0.3, -0.25) is 18.6 Å². The van der Waals surface area contributed by atoms with Crippen molar-refractivity contribution in [1.29, 1.82) is 0 Å². The molecule has 212 valence electrons. The Morgan fingerprint density at radius 3 is 2.33 bits per heavy atom. The number of hydrogen-bond acceptors (Lipinski definition) is 6. The summed E-state index contributed by atoms with van der Waals surface area (Å²) in [6.45, 7) is 0.380. The van der Waals surface area contributed by atoms with Gasteiger partial charge in [0.15, 0.2) is 5.82 Å². The predicted octanol–water partition coefficient (Wildman–Crippen LogP) is 6.02. The highest BCUT2D eigenvalue weighted by molar-refractivity contribution is 7.18. The summed E-state index contributed by atoms with van der Waals surface area (Å²) in [6.07, 6.45) is 4.53. The molecule has 43 heavy (non-hydrogen) atoms. The monoisotopic (exact) mass is 584 g/mol. The van der Waals surface area contributed by atoms with Crippen molar-refractivity contribution in [3.8, 4) is 0 Å². The van der Waals surface area contributed by atoms with E-state index in [1.165, 1.54) is 4.88 Å². The molecule has 1 unspecified atom stereocenters. The van der Waals surface area contributed by atoms with Crippen molar-refractivity contribution in [2.45, 2.75) is 44.7 Å². The van der Waals surface area contributed by atoms with Crippen molar-refractivity contribution in [2.24, 2.45) is 5.10 Å². The van der Waals surface area contributed by atoms with Gasteiger partial charge in [-0.2, -0.15) is 5.10 Å². The lowest BCUT2D eigenvalue weighted by molar-refractivity contribution is 0.0704. The number of hydrazone groups is 1. The summed E-state index contributed by atoms with van der Waals surface area (Å²) >= 11 is 1.67. The number of carbonyl (C=O) groups excluding carboxylic acids is 1. The van der Waals surface area contributed by atoms with E-state index < -0.39 is 6.04 Å². The van der Waals surface area contributed by atoms with E-state index in [-0.39, 0.29) is 11.5 Å². The van der Waals surface area contributed by atoms with Crippen LogP contribution in [0.1, 0.15) is 63.1 Å². The van der Waals surface area contributed by atoms with Gasteiger partial charge in [-0.25, -0.2) is 5.01 Å². The van der Waals surface area contributed by atoms with Crippen molar-refractivity contribution >= 4 is 38.9 Å². The SMILES string of the molecule is O=C(c1ccccc1)N1N=C(c2ccccc2)CC1c1nnc2n(Cc3ccccc3)c(=O)c3c4c(sc3n12)CCCC4. The summed E-state index contributed by atoms with van der Waals surface area (Å²) < 4.78 is 3.77.